The maximum atomic E-state index is 8.08. The van der Waals surface area contributed by atoms with Crippen LogP contribution in [0.4, 0.5) is 0 Å². The summed E-state index contributed by atoms with van der Waals surface area (Å²) in [4.78, 5) is 0. The summed E-state index contributed by atoms with van der Waals surface area (Å²) in [6.07, 6.45) is 9.69. The first-order valence-electron chi connectivity index (χ1n) is 4.93. The standard InChI is InChI=1S/C10H16N2O2/c11-9-13-7-5-3-1-2-4-6-8-14-10-12/h1-8H2. The molecule has 0 spiro atoms. The highest BCUT2D eigenvalue weighted by molar-refractivity contribution is 4.51. The van der Waals surface area contributed by atoms with E-state index in [4.69, 9.17) is 10.5 Å². The Balaban J connectivity index is 2.86. The van der Waals surface area contributed by atoms with Gasteiger partial charge in [0.1, 0.15) is 13.2 Å². The lowest BCUT2D eigenvalue weighted by molar-refractivity contribution is 0.254. The molecule has 78 valence electrons. The number of nitrogens with zero attached hydrogens (tertiary/aromatic N) is 2. The van der Waals surface area contributed by atoms with E-state index in [2.05, 4.69) is 9.47 Å². The van der Waals surface area contributed by atoms with Crippen molar-refractivity contribution >= 4 is 0 Å². The molecule has 0 fully saturated rings. The third-order valence-electron chi connectivity index (χ3n) is 1.87. The van der Waals surface area contributed by atoms with E-state index in [0.29, 0.717) is 13.2 Å². The highest BCUT2D eigenvalue weighted by Gasteiger charge is 1.92. The van der Waals surface area contributed by atoms with Gasteiger partial charge in [-0.3, -0.25) is 0 Å². The Labute approximate surface area is 85.0 Å². The van der Waals surface area contributed by atoms with E-state index in [1.54, 1.807) is 12.5 Å². The fourth-order valence-electron chi connectivity index (χ4n) is 1.15. The van der Waals surface area contributed by atoms with Crippen molar-refractivity contribution in [2.75, 3.05) is 13.2 Å². The summed E-state index contributed by atoms with van der Waals surface area (Å²) in [5.74, 6) is 0. The van der Waals surface area contributed by atoms with E-state index < -0.39 is 0 Å². The second kappa shape index (κ2) is 11.6. The minimum absolute atomic E-state index is 0.536. The fraction of sp³-hybridized carbons (Fsp3) is 0.800. The molecule has 0 aliphatic heterocycles. The van der Waals surface area contributed by atoms with Gasteiger partial charge in [-0.05, 0) is 12.8 Å². The molecule has 0 unspecified atom stereocenters. The lowest BCUT2D eigenvalue weighted by Gasteiger charge is -1.99. The van der Waals surface area contributed by atoms with Gasteiger partial charge in [-0.25, -0.2) is 0 Å². The summed E-state index contributed by atoms with van der Waals surface area (Å²) in [6, 6.07) is 0. The van der Waals surface area contributed by atoms with Crippen LogP contribution in [0.25, 0.3) is 0 Å². The van der Waals surface area contributed by atoms with Gasteiger partial charge in [0.25, 0.3) is 12.5 Å². The summed E-state index contributed by atoms with van der Waals surface area (Å²) in [5, 5.41) is 16.2. The molecule has 0 aromatic heterocycles. The largest absolute Gasteiger partial charge is 0.428 e. The van der Waals surface area contributed by atoms with Crippen LogP contribution in [0.5, 0.6) is 0 Å². The third kappa shape index (κ3) is 10.6. The summed E-state index contributed by atoms with van der Waals surface area (Å²) >= 11 is 0. The summed E-state index contributed by atoms with van der Waals surface area (Å²) < 4.78 is 9.09. The van der Waals surface area contributed by atoms with Crippen molar-refractivity contribution in [3.05, 3.63) is 0 Å². The predicted octanol–water partition coefficient (Wildman–Crippen LogP) is 2.32. The molecule has 0 aliphatic carbocycles. The summed E-state index contributed by atoms with van der Waals surface area (Å²) in [5.41, 5.74) is 0. The summed E-state index contributed by atoms with van der Waals surface area (Å²) in [6.45, 7) is 1.07. The van der Waals surface area contributed by atoms with Crippen molar-refractivity contribution in [2.24, 2.45) is 0 Å². The van der Waals surface area contributed by atoms with Gasteiger partial charge < -0.3 is 9.47 Å². The van der Waals surface area contributed by atoms with Crippen molar-refractivity contribution in [2.45, 2.75) is 38.5 Å². The van der Waals surface area contributed by atoms with Crippen molar-refractivity contribution in [3.8, 4) is 12.5 Å². The average molecular weight is 196 g/mol. The smallest absolute Gasteiger partial charge is 0.286 e. The van der Waals surface area contributed by atoms with E-state index >= 15 is 0 Å². The molecule has 0 atom stereocenters. The second-order valence-electron chi connectivity index (χ2n) is 3.00. The number of hydrogen-bond donors (Lipinski definition) is 0. The van der Waals surface area contributed by atoms with Gasteiger partial charge in [0.2, 0.25) is 0 Å². The Bertz CT molecular complexity index is 171. The van der Waals surface area contributed by atoms with Gasteiger partial charge in [-0.1, -0.05) is 25.7 Å². The molecule has 0 aromatic rings. The zero-order valence-electron chi connectivity index (χ0n) is 8.37. The molecule has 0 heterocycles. The molecule has 0 saturated carbocycles. The maximum absolute atomic E-state index is 8.08. The summed E-state index contributed by atoms with van der Waals surface area (Å²) in [7, 11) is 0. The van der Waals surface area contributed by atoms with Crippen LogP contribution in [-0.2, 0) is 9.47 Å². The first-order chi connectivity index (χ1) is 6.91. The van der Waals surface area contributed by atoms with Crippen molar-refractivity contribution in [1.29, 1.82) is 10.5 Å². The molecule has 14 heavy (non-hydrogen) atoms. The van der Waals surface area contributed by atoms with Gasteiger partial charge in [-0.2, -0.15) is 10.5 Å². The van der Waals surface area contributed by atoms with Gasteiger partial charge in [0.15, 0.2) is 0 Å². The Hall–Kier alpha value is -1.42. The molecule has 0 bridgehead atoms. The number of nitriles is 2. The van der Waals surface area contributed by atoms with Crippen molar-refractivity contribution in [1.82, 2.24) is 0 Å². The fourth-order valence-corrected chi connectivity index (χ4v) is 1.15. The van der Waals surface area contributed by atoms with Crippen LogP contribution >= 0.6 is 0 Å². The predicted molar refractivity (Wildman–Crippen MR) is 50.8 cm³/mol. The quantitative estimate of drug-likeness (QED) is 0.419. The van der Waals surface area contributed by atoms with E-state index in [9.17, 15) is 0 Å². The molecule has 4 nitrogen and oxygen atoms in total. The maximum Gasteiger partial charge on any atom is 0.286 e. The molecule has 0 radical (unpaired) electrons. The lowest BCUT2D eigenvalue weighted by Crippen LogP contribution is -1.90. The SMILES string of the molecule is N#COCCCCCCCCOC#N. The van der Waals surface area contributed by atoms with Crippen LogP contribution < -0.4 is 0 Å². The lowest BCUT2D eigenvalue weighted by atomic mass is 10.1. The molecule has 0 N–H and O–H groups in total. The molecule has 0 amide bonds. The van der Waals surface area contributed by atoms with E-state index in [1.165, 1.54) is 0 Å². The van der Waals surface area contributed by atoms with Crippen LogP contribution in [0, 0.1) is 23.0 Å². The minimum Gasteiger partial charge on any atom is -0.428 e. The Morgan fingerprint density at radius 3 is 1.36 bits per heavy atom. The Morgan fingerprint density at radius 1 is 0.643 bits per heavy atom. The van der Waals surface area contributed by atoms with Crippen LogP contribution in [0.2, 0.25) is 0 Å². The van der Waals surface area contributed by atoms with Gasteiger partial charge >= 0.3 is 0 Å². The van der Waals surface area contributed by atoms with Crippen LogP contribution in [0.15, 0.2) is 0 Å². The molecule has 0 rings (SSSR count). The molecule has 0 aromatic carbocycles. The monoisotopic (exact) mass is 196 g/mol. The minimum atomic E-state index is 0.536. The van der Waals surface area contributed by atoms with E-state index in [-0.39, 0.29) is 0 Å². The molecule has 0 aliphatic rings. The number of hydrogen-bond acceptors (Lipinski definition) is 4. The molecule has 0 saturated heterocycles. The number of ether oxygens (including phenoxy) is 2. The first-order valence-corrected chi connectivity index (χ1v) is 4.93. The van der Waals surface area contributed by atoms with Gasteiger partial charge in [-0.15, -0.1) is 0 Å². The highest BCUT2D eigenvalue weighted by atomic mass is 16.5. The van der Waals surface area contributed by atoms with Gasteiger partial charge in [0, 0.05) is 0 Å². The number of rotatable bonds is 9. The van der Waals surface area contributed by atoms with Crippen molar-refractivity contribution < 1.29 is 9.47 Å². The van der Waals surface area contributed by atoms with Crippen LogP contribution in [0.3, 0.4) is 0 Å². The zero-order chi connectivity index (χ0) is 10.5. The Morgan fingerprint density at radius 2 is 1.00 bits per heavy atom. The zero-order valence-corrected chi connectivity index (χ0v) is 8.37. The van der Waals surface area contributed by atoms with Gasteiger partial charge in [0.05, 0.1) is 0 Å². The van der Waals surface area contributed by atoms with E-state index in [0.717, 1.165) is 38.5 Å². The second-order valence-corrected chi connectivity index (χ2v) is 3.00. The first kappa shape index (κ1) is 12.6. The normalized spacial score (nSPS) is 8.71. The average Bonchev–Trinajstić information content (AvgIpc) is 2.21. The van der Waals surface area contributed by atoms with E-state index in [1.807, 2.05) is 0 Å². The molecular weight excluding hydrogens is 180 g/mol. The third-order valence-corrected chi connectivity index (χ3v) is 1.87. The highest BCUT2D eigenvalue weighted by Crippen LogP contribution is 2.05. The number of unbranched alkanes of at least 4 members (excludes halogenated alkanes) is 5. The molecule has 4 heteroatoms. The van der Waals surface area contributed by atoms with Crippen molar-refractivity contribution in [3.63, 3.8) is 0 Å². The topological polar surface area (TPSA) is 66.0 Å². The Kier molecular flexibility index (Phi) is 10.4. The molecular formula is C10H16N2O2. The van der Waals surface area contributed by atoms with Crippen LogP contribution in [0.1, 0.15) is 38.5 Å². The van der Waals surface area contributed by atoms with Crippen LogP contribution in [-0.4, -0.2) is 13.2 Å².